The highest BCUT2D eigenvalue weighted by molar-refractivity contribution is 5.12. The van der Waals surface area contributed by atoms with Gasteiger partial charge in [0, 0.05) is 13.0 Å². The largest absolute Gasteiger partial charge is 0.381 e. The number of methoxy groups -OCH3 is 1. The Hall–Kier alpha value is -0.740. The van der Waals surface area contributed by atoms with E-state index in [0.717, 1.165) is 12.8 Å². The van der Waals surface area contributed by atoms with Gasteiger partial charge in [0.25, 0.3) is 0 Å². The highest BCUT2D eigenvalue weighted by atomic mass is 16.5. The molecule has 0 aromatic rings. The molecule has 0 saturated carbocycles. The van der Waals surface area contributed by atoms with Crippen molar-refractivity contribution in [1.82, 2.24) is 0 Å². The Balaban J connectivity index is 2.49. The molecule has 1 heteroatoms. The van der Waals surface area contributed by atoms with E-state index in [9.17, 15) is 0 Å². The molecule has 0 aromatic heterocycles. The second-order valence-corrected chi connectivity index (χ2v) is 2.76. The molecular formula is C10H14O. The molecular weight excluding hydrogens is 136 g/mol. The average Bonchev–Trinajstić information content (AvgIpc) is 2.06. The Labute approximate surface area is 68.4 Å². The molecule has 0 radical (unpaired) electrons. The lowest BCUT2D eigenvalue weighted by Gasteiger charge is -2.19. The van der Waals surface area contributed by atoms with Crippen LogP contribution >= 0.6 is 0 Å². The van der Waals surface area contributed by atoms with Crippen molar-refractivity contribution < 1.29 is 4.74 Å². The number of hydrogen-bond acceptors (Lipinski definition) is 1. The molecule has 1 nitrogen and oxygen atoms in total. The SMILES string of the molecule is CC#CC1C=CCC(OC)C1. The molecule has 1 aliphatic carbocycles. The van der Waals surface area contributed by atoms with Gasteiger partial charge in [-0.25, -0.2) is 0 Å². The van der Waals surface area contributed by atoms with E-state index in [2.05, 4.69) is 24.0 Å². The van der Waals surface area contributed by atoms with Gasteiger partial charge in [0.15, 0.2) is 0 Å². The highest BCUT2D eigenvalue weighted by Crippen LogP contribution is 2.18. The third-order valence-corrected chi connectivity index (χ3v) is 1.95. The maximum atomic E-state index is 5.25. The Morgan fingerprint density at radius 3 is 3.00 bits per heavy atom. The van der Waals surface area contributed by atoms with Crippen LogP contribution in [0.25, 0.3) is 0 Å². The number of ether oxygens (including phenoxy) is 1. The third kappa shape index (κ3) is 2.40. The maximum Gasteiger partial charge on any atom is 0.0620 e. The zero-order valence-electron chi connectivity index (χ0n) is 7.13. The molecule has 0 aromatic carbocycles. The van der Waals surface area contributed by atoms with Gasteiger partial charge >= 0.3 is 0 Å². The van der Waals surface area contributed by atoms with E-state index in [1.54, 1.807) is 7.11 Å². The molecule has 0 spiro atoms. The second-order valence-electron chi connectivity index (χ2n) is 2.76. The first kappa shape index (κ1) is 8.36. The molecule has 0 amide bonds. The predicted octanol–water partition coefficient (Wildman–Crippen LogP) is 1.99. The third-order valence-electron chi connectivity index (χ3n) is 1.95. The quantitative estimate of drug-likeness (QED) is 0.410. The summed E-state index contributed by atoms with van der Waals surface area (Å²) in [5.41, 5.74) is 0. The standard InChI is InChI=1S/C10H14O/c1-3-5-9-6-4-7-10(8-9)11-2/h4,6,9-10H,7-8H2,1-2H3. The maximum absolute atomic E-state index is 5.25. The summed E-state index contributed by atoms with van der Waals surface area (Å²) in [4.78, 5) is 0. The Morgan fingerprint density at radius 1 is 1.55 bits per heavy atom. The Morgan fingerprint density at radius 2 is 2.36 bits per heavy atom. The number of allylic oxidation sites excluding steroid dienone is 1. The van der Waals surface area contributed by atoms with Crippen LogP contribution < -0.4 is 0 Å². The van der Waals surface area contributed by atoms with Gasteiger partial charge in [-0.2, -0.15) is 0 Å². The van der Waals surface area contributed by atoms with Crippen LogP contribution in [0.4, 0.5) is 0 Å². The minimum atomic E-state index is 0.380. The summed E-state index contributed by atoms with van der Waals surface area (Å²) in [6, 6.07) is 0. The smallest absolute Gasteiger partial charge is 0.0620 e. The zero-order chi connectivity index (χ0) is 8.10. The van der Waals surface area contributed by atoms with Crippen LogP contribution in [-0.2, 0) is 4.74 Å². The van der Waals surface area contributed by atoms with Crippen molar-refractivity contribution in [3.05, 3.63) is 12.2 Å². The summed E-state index contributed by atoms with van der Waals surface area (Å²) in [5.74, 6) is 6.47. The van der Waals surface area contributed by atoms with Crippen molar-refractivity contribution in [2.45, 2.75) is 25.9 Å². The van der Waals surface area contributed by atoms with Crippen molar-refractivity contribution >= 4 is 0 Å². The van der Waals surface area contributed by atoms with E-state index in [1.165, 1.54) is 0 Å². The lowest BCUT2D eigenvalue weighted by Crippen LogP contribution is -2.16. The van der Waals surface area contributed by atoms with Crippen LogP contribution in [0.3, 0.4) is 0 Å². The second kappa shape index (κ2) is 4.20. The van der Waals surface area contributed by atoms with Gasteiger partial charge in [-0.05, 0) is 19.8 Å². The van der Waals surface area contributed by atoms with Crippen LogP contribution in [0.15, 0.2) is 12.2 Å². The van der Waals surface area contributed by atoms with Crippen molar-refractivity contribution in [1.29, 1.82) is 0 Å². The Bertz CT molecular complexity index is 195. The van der Waals surface area contributed by atoms with Gasteiger partial charge in [0.05, 0.1) is 6.10 Å². The molecule has 60 valence electrons. The topological polar surface area (TPSA) is 9.23 Å². The van der Waals surface area contributed by atoms with Gasteiger partial charge in [0.2, 0.25) is 0 Å². The van der Waals surface area contributed by atoms with Crippen LogP contribution in [0.2, 0.25) is 0 Å². The fraction of sp³-hybridized carbons (Fsp3) is 0.600. The molecule has 0 N–H and O–H groups in total. The summed E-state index contributed by atoms with van der Waals surface area (Å²) < 4.78 is 5.25. The van der Waals surface area contributed by atoms with Crippen LogP contribution in [0, 0.1) is 17.8 Å². The fourth-order valence-electron chi connectivity index (χ4n) is 1.34. The van der Waals surface area contributed by atoms with Gasteiger partial charge in [-0.3, -0.25) is 0 Å². The first-order valence-electron chi connectivity index (χ1n) is 3.98. The highest BCUT2D eigenvalue weighted by Gasteiger charge is 2.14. The average molecular weight is 150 g/mol. The molecule has 1 rings (SSSR count). The molecule has 0 bridgehead atoms. The van der Waals surface area contributed by atoms with E-state index < -0.39 is 0 Å². The van der Waals surface area contributed by atoms with Gasteiger partial charge in [0.1, 0.15) is 0 Å². The normalized spacial score (nSPS) is 29.3. The zero-order valence-corrected chi connectivity index (χ0v) is 7.13. The van der Waals surface area contributed by atoms with Crippen LogP contribution in [-0.4, -0.2) is 13.2 Å². The van der Waals surface area contributed by atoms with Crippen molar-refractivity contribution in [2.75, 3.05) is 7.11 Å². The van der Waals surface area contributed by atoms with Crippen molar-refractivity contribution in [2.24, 2.45) is 5.92 Å². The van der Waals surface area contributed by atoms with E-state index in [0.29, 0.717) is 12.0 Å². The molecule has 2 unspecified atom stereocenters. The fourth-order valence-corrected chi connectivity index (χ4v) is 1.34. The first-order valence-corrected chi connectivity index (χ1v) is 3.98. The van der Waals surface area contributed by atoms with E-state index in [4.69, 9.17) is 4.74 Å². The molecule has 1 aliphatic rings. The molecule has 0 aliphatic heterocycles. The molecule has 0 saturated heterocycles. The lowest BCUT2D eigenvalue weighted by molar-refractivity contribution is 0.0891. The predicted molar refractivity (Wildman–Crippen MR) is 46.1 cm³/mol. The summed E-state index contributed by atoms with van der Waals surface area (Å²) in [5, 5.41) is 0. The molecule has 11 heavy (non-hydrogen) atoms. The number of rotatable bonds is 1. The van der Waals surface area contributed by atoms with E-state index in [1.807, 2.05) is 6.92 Å². The lowest BCUT2D eigenvalue weighted by atomic mass is 9.94. The number of hydrogen-bond donors (Lipinski definition) is 0. The molecule has 0 fully saturated rings. The Kier molecular flexibility index (Phi) is 3.19. The first-order chi connectivity index (χ1) is 5.36. The van der Waals surface area contributed by atoms with Gasteiger partial charge in [-0.1, -0.05) is 18.1 Å². The van der Waals surface area contributed by atoms with Gasteiger partial charge in [-0.15, -0.1) is 5.92 Å². The minimum Gasteiger partial charge on any atom is -0.381 e. The summed E-state index contributed by atoms with van der Waals surface area (Å²) in [6.45, 7) is 1.88. The van der Waals surface area contributed by atoms with Crippen LogP contribution in [0.5, 0.6) is 0 Å². The van der Waals surface area contributed by atoms with Crippen molar-refractivity contribution in [3.63, 3.8) is 0 Å². The summed E-state index contributed by atoms with van der Waals surface area (Å²) >= 11 is 0. The monoisotopic (exact) mass is 150 g/mol. The summed E-state index contributed by atoms with van der Waals surface area (Å²) in [6.07, 6.45) is 6.80. The van der Waals surface area contributed by atoms with E-state index >= 15 is 0 Å². The van der Waals surface area contributed by atoms with Gasteiger partial charge < -0.3 is 4.74 Å². The summed E-state index contributed by atoms with van der Waals surface area (Å²) in [7, 11) is 1.76. The van der Waals surface area contributed by atoms with E-state index in [-0.39, 0.29) is 0 Å². The molecule has 0 heterocycles. The minimum absolute atomic E-state index is 0.380. The molecule has 2 atom stereocenters. The van der Waals surface area contributed by atoms with Crippen molar-refractivity contribution in [3.8, 4) is 11.8 Å². The van der Waals surface area contributed by atoms with Crippen LogP contribution in [0.1, 0.15) is 19.8 Å².